The van der Waals surface area contributed by atoms with Crippen LogP contribution in [0.1, 0.15) is 13.3 Å². The van der Waals surface area contributed by atoms with Crippen molar-refractivity contribution in [3.63, 3.8) is 0 Å². The Morgan fingerprint density at radius 1 is 0.741 bits per heavy atom. The fraction of sp³-hybridized carbons (Fsp3) is 0.120. The van der Waals surface area contributed by atoms with Crippen LogP contribution < -0.4 is 39.9 Å². The highest BCUT2D eigenvalue weighted by Gasteiger charge is 2.44. The number of hydrogen-bond acceptors (Lipinski definition) is 0. The molecule has 0 fully saturated rings. The maximum absolute atomic E-state index is 3.89. The van der Waals surface area contributed by atoms with Crippen LogP contribution >= 0.6 is 7.26 Å². The Morgan fingerprint density at radius 2 is 1.11 bits per heavy atom. The first-order valence-electron chi connectivity index (χ1n) is 9.11. The third kappa shape index (κ3) is 4.97. The van der Waals surface area contributed by atoms with Gasteiger partial charge in [-0.25, -0.2) is 0 Å². The molecule has 0 saturated carbocycles. The van der Waals surface area contributed by atoms with E-state index in [-0.39, 0.29) is 24.0 Å². The number of benzene rings is 3. The van der Waals surface area contributed by atoms with E-state index < -0.39 is 7.26 Å². The lowest BCUT2D eigenvalue weighted by Crippen LogP contribution is -3.00. The standard InChI is InChI=1S/C25H26P.HI/c1-3-22(2)14-13-21-26(23-15-7-4-8-16-23,24-17-9-5-10-18-24)25-19-11-6-12-20-25;/h3-12,14-20H,1,13,21H2,2H3;1H/q+1;/p-1. The predicted molar refractivity (Wildman–Crippen MR) is 119 cm³/mol. The number of hydrogen-bond donors (Lipinski definition) is 0. The lowest BCUT2D eigenvalue weighted by Gasteiger charge is -2.27. The second kappa shape index (κ2) is 10.6. The molecule has 3 aromatic carbocycles. The van der Waals surface area contributed by atoms with Crippen LogP contribution in [-0.2, 0) is 0 Å². The van der Waals surface area contributed by atoms with Crippen molar-refractivity contribution in [2.45, 2.75) is 13.3 Å². The number of rotatable bonds is 7. The summed E-state index contributed by atoms with van der Waals surface area (Å²) in [5.74, 6) is 0. The largest absolute Gasteiger partial charge is 1.00 e. The maximum Gasteiger partial charge on any atom is 0.112 e. The lowest BCUT2D eigenvalue weighted by molar-refractivity contribution is -0.00000513. The molecule has 0 aliphatic rings. The molecule has 27 heavy (non-hydrogen) atoms. The second-order valence-electron chi connectivity index (χ2n) is 6.48. The van der Waals surface area contributed by atoms with E-state index in [1.54, 1.807) is 0 Å². The first-order chi connectivity index (χ1) is 12.8. The Hall–Kier alpha value is -1.70. The first kappa shape index (κ1) is 21.6. The molecule has 0 bridgehead atoms. The topological polar surface area (TPSA) is 0 Å². The molecule has 0 aromatic heterocycles. The predicted octanol–water partition coefficient (Wildman–Crippen LogP) is 2.51. The van der Waals surface area contributed by atoms with Gasteiger partial charge in [0.1, 0.15) is 23.2 Å². The quantitative estimate of drug-likeness (QED) is 0.275. The fourth-order valence-corrected chi connectivity index (χ4v) is 7.68. The van der Waals surface area contributed by atoms with Gasteiger partial charge >= 0.3 is 0 Å². The molecule has 0 aliphatic heterocycles. The minimum atomic E-state index is -1.70. The molecule has 3 aromatic rings. The zero-order chi connectivity index (χ0) is 18.2. The average molecular weight is 484 g/mol. The van der Waals surface area contributed by atoms with Gasteiger partial charge in [-0.05, 0) is 43.3 Å². The van der Waals surface area contributed by atoms with E-state index in [9.17, 15) is 0 Å². The monoisotopic (exact) mass is 484 g/mol. The van der Waals surface area contributed by atoms with E-state index in [0.717, 1.165) is 12.6 Å². The van der Waals surface area contributed by atoms with Crippen molar-refractivity contribution in [3.05, 3.63) is 115 Å². The summed E-state index contributed by atoms with van der Waals surface area (Å²) in [6.07, 6.45) is 6.42. The highest BCUT2D eigenvalue weighted by molar-refractivity contribution is 7.95. The summed E-state index contributed by atoms with van der Waals surface area (Å²) >= 11 is 0. The Morgan fingerprint density at radius 3 is 1.44 bits per heavy atom. The van der Waals surface area contributed by atoms with Gasteiger partial charge in [-0.3, -0.25) is 0 Å². The third-order valence-corrected chi connectivity index (χ3v) is 9.31. The lowest BCUT2D eigenvalue weighted by atomic mass is 10.2. The van der Waals surface area contributed by atoms with Crippen molar-refractivity contribution in [2.24, 2.45) is 0 Å². The molecular weight excluding hydrogens is 458 g/mol. The molecule has 2 heteroatoms. The average Bonchev–Trinajstić information content (AvgIpc) is 2.73. The van der Waals surface area contributed by atoms with Gasteiger partial charge in [0, 0.05) is 6.42 Å². The summed E-state index contributed by atoms with van der Waals surface area (Å²) in [6, 6.07) is 33.1. The van der Waals surface area contributed by atoms with Crippen LogP contribution in [0.2, 0.25) is 0 Å². The smallest absolute Gasteiger partial charge is 0.112 e. The summed E-state index contributed by atoms with van der Waals surface area (Å²) in [6.45, 7) is 6.02. The molecule has 0 amide bonds. The van der Waals surface area contributed by atoms with Gasteiger partial charge in [-0.1, -0.05) is 78.9 Å². The summed E-state index contributed by atoms with van der Waals surface area (Å²) in [5.41, 5.74) is 1.25. The van der Waals surface area contributed by atoms with E-state index in [0.29, 0.717) is 0 Å². The van der Waals surface area contributed by atoms with Crippen LogP contribution in [0, 0.1) is 0 Å². The van der Waals surface area contributed by atoms with Crippen LogP contribution in [0.4, 0.5) is 0 Å². The maximum atomic E-state index is 3.89. The van der Waals surface area contributed by atoms with Crippen molar-refractivity contribution in [2.75, 3.05) is 6.16 Å². The molecule has 138 valence electrons. The molecule has 0 aliphatic carbocycles. The van der Waals surface area contributed by atoms with Crippen LogP contribution in [0.5, 0.6) is 0 Å². The number of allylic oxidation sites excluding steroid dienone is 3. The van der Waals surface area contributed by atoms with E-state index >= 15 is 0 Å². The SMILES string of the molecule is C=CC(C)=CCC[P+](c1ccccc1)(c1ccccc1)c1ccccc1.[I-]. The molecule has 0 heterocycles. The fourth-order valence-electron chi connectivity index (χ4n) is 3.45. The highest BCUT2D eigenvalue weighted by Crippen LogP contribution is 2.55. The van der Waals surface area contributed by atoms with Gasteiger partial charge in [0.2, 0.25) is 0 Å². The van der Waals surface area contributed by atoms with Crippen molar-refractivity contribution < 1.29 is 24.0 Å². The summed E-state index contributed by atoms with van der Waals surface area (Å²) in [7, 11) is -1.70. The summed E-state index contributed by atoms with van der Waals surface area (Å²) < 4.78 is 0. The van der Waals surface area contributed by atoms with Crippen LogP contribution in [0.3, 0.4) is 0 Å². The first-order valence-corrected chi connectivity index (χ1v) is 11.1. The third-order valence-electron chi connectivity index (χ3n) is 4.84. The minimum Gasteiger partial charge on any atom is -1.00 e. The van der Waals surface area contributed by atoms with Gasteiger partial charge in [-0.2, -0.15) is 0 Å². The van der Waals surface area contributed by atoms with Crippen molar-refractivity contribution in [1.82, 2.24) is 0 Å². The van der Waals surface area contributed by atoms with Gasteiger partial charge in [-0.15, -0.1) is 0 Å². The summed E-state index contributed by atoms with van der Waals surface area (Å²) in [4.78, 5) is 0. The van der Waals surface area contributed by atoms with Gasteiger partial charge < -0.3 is 24.0 Å². The molecule has 0 radical (unpaired) electrons. The van der Waals surface area contributed by atoms with Crippen molar-refractivity contribution >= 4 is 23.2 Å². The Labute approximate surface area is 181 Å². The van der Waals surface area contributed by atoms with Crippen LogP contribution in [-0.4, -0.2) is 6.16 Å². The van der Waals surface area contributed by atoms with E-state index in [1.807, 2.05) is 6.08 Å². The van der Waals surface area contributed by atoms with E-state index in [2.05, 4.69) is 111 Å². The van der Waals surface area contributed by atoms with E-state index in [1.165, 1.54) is 21.5 Å². The van der Waals surface area contributed by atoms with Crippen LogP contribution in [0.25, 0.3) is 0 Å². The summed E-state index contributed by atoms with van der Waals surface area (Å²) in [5, 5.41) is 4.34. The Bertz CT molecular complexity index is 758. The molecule has 0 unspecified atom stereocenters. The normalized spacial score (nSPS) is 11.5. The molecule has 3 rings (SSSR count). The molecule has 0 N–H and O–H groups in total. The van der Waals surface area contributed by atoms with Crippen molar-refractivity contribution in [1.29, 1.82) is 0 Å². The zero-order valence-electron chi connectivity index (χ0n) is 15.8. The van der Waals surface area contributed by atoms with Crippen LogP contribution in [0.15, 0.2) is 115 Å². The van der Waals surface area contributed by atoms with Crippen molar-refractivity contribution in [3.8, 4) is 0 Å². The molecular formula is C25H26IP. The molecule has 0 atom stereocenters. The van der Waals surface area contributed by atoms with E-state index in [4.69, 9.17) is 0 Å². The number of halogens is 1. The van der Waals surface area contributed by atoms with Gasteiger partial charge in [0.15, 0.2) is 0 Å². The molecule has 0 nitrogen and oxygen atoms in total. The zero-order valence-corrected chi connectivity index (χ0v) is 18.8. The van der Waals surface area contributed by atoms with Gasteiger partial charge in [0.05, 0.1) is 6.16 Å². The minimum absolute atomic E-state index is 0. The molecule has 0 spiro atoms. The Balaban J connectivity index is 0.00000261. The Kier molecular flexibility index (Phi) is 8.47. The molecule has 0 saturated heterocycles. The van der Waals surface area contributed by atoms with Gasteiger partial charge in [0.25, 0.3) is 0 Å². The second-order valence-corrected chi connectivity index (χ2v) is 10.1. The highest BCUT2D eigenvalue weighted by atomic mass is 127.